The molecule has 0 amide bonds. The van der Waals surface area contributed by atoms with Gasteiger partial charge in [-0.2, -0.15) is 0 Å². The van der Waals surface area contributed by atoms with Gasteiger partial charge >= 0.3 is 11.9 Å². The van der Waals surface area contributed by atoms with Crippen molar-refractivity contribution in [3.05, 3.63) is 24.3 Å². The minimum Gasteiger partial charge on any atom is -0.481 e. The van der Waals surface area contributed by atoms with Crippen LogP contribution in [0.5, 0.6) is 0 Å². The summed E-state index contributed by atoms with van der Waals surface area (Å²) in [5, 5.41) is 8.97. The maximum absolute atomic E-state index is 12.4. The Morgan fingerprint density at radius 2 is 0.952 bits per heavy atom. The Morgan fingerprint density at radius 1 is 0.524 bits per heavy atom. The molecule has 246 valence electrons. The van der Waals surface area contributed by atoms with Crippen LogP contribution in [0.2, 0.25) is 0 Å². The number of carbonyl (C=O) groups is 2. The molecule has 1 unspecified atom stereocenters. The highest BCUT2D eigenvalue weighted by Gasteiger charge is 2.15. The zero-order valence-corrected chi connectivity index (χ0v) is 28.1. The van der Waals surface area contributed by atoms with Crippen LogP contribution in [0.15, 0.2) is 24.3 Å². The average Bonchev–Trinajstić information content (AvgIpc) is 2.97. The van der Waals surface area contributed by atoms with Crippen LogP contribution in [0, 0.1) is 0 Å². The minimum absolute atomic E-state index is 0.0942. The van der Waals surface area contributed by atoms with E-state index in [4.69, 9.17) is 9.84 Å². The smallest absolute Gasteiger partial charge is 0.306 e. The van der Waals surface area contributed by atoms with Crippen LogP contribution in [0.1, 0.15) is 200 Å². The Morgan fingerprint density at radius 3 is 1.50 bits per heavy atom. The largest absolute Gasteiger partial charge is 0.481 e. The van der Waals surface area contributed by atoms with Crippen molar-refractivity contribution in [1.82, 2.24) is 0 Å². The summed E-state index contributed by atoms with van der Waals surface area (Å²) in [4.78, 5) is 23.4. The Kier molecular flexibility index (Phi) is 32.6. The summed E-state index contributed by atoms with van der Waals surface area (Å²) in [7, 11) is 0. The van der Waals surface area contributed by atoms with Crippen molar-refractivity contribution in [3.63, 3.8) is 0 Å². The maximum Gasteiger partial charge on any atom is 0.306 e. The Bertz CT molecular complexity index is 639. The predicted octanol–water partition coefficient (Wildman–Crippen LogP) is 12.4. The van der Waals surface area contributed by atoms with Gasteiger partial charge in [-0.25, -0.2) is 0 Å². The first-order chi connectivity index (χ1) is 20.6. The van der Waals surface area contributed by atoms with Gasteiger partial charge in [0.25, 0.3) is 0 Å². The summed E-state index contributed by atoms with van der Waals surface area (Å²) in [6.07, 6.45) is 41.9. The number of esters is 1. The monoisotopic (exact) mass is 591 g/mol. The summed E-state index contributed by atoms with van der Waals surface area (Å²) in [6.45, 7) is 4.50. The highest BCUT2D eigenvalue weighted by atomic mass is 16.5. The minimum atomic E-state index is -0.771. The molecule has 0 aromatic carbocycles. The summed E-state index contributed by atoms with van der Waals surface area (Å²) >= 11 is 0. The lowest BCUT2D eigenvalue weighted by Gasteiger charge is -2.18. The number of allylic oxidation sites excluding steroid dienone is 4. The highest BCUT2D eigenvalue weighted by Crippen LogP contribution is 2.18. The van der Waals surface area contributed by atoms with Gasteiger partial charge in [0.05, 0.1) is 0 Å². The molecule has 0 rings (SSSR count). The first-order valence-electron chi connectivity index (χ1n) is 18.3. The molecule has 0 radical (unpaired) electrons. The number of hydrogen-bond donors (Lipinski definition) is 1. The van der Waals surface area contributed by atoms with Crippen molar-refractivity contribution in [2.24, 2.45) is 0 Å². The molecule has 4 nitrogen and oxygen atoms in total. The first-order valence-corrected chi connectivity index (χ1v) is 18.3. The zero-order chi connectivity index (χ0) is 30.8. The molecule has 0 heterocycles. The Labute approximate surface area is 261 Å². The van der Waals surface area contributed by atoms with Gasteiger partial charge in [-0.1, -0.05) is 147 Å². The molecule has 0 aliphatic rings. The van der Waals surface area contributed by atoms with Crippen LogP contribution >= 0.6 is 0 Å². The first kappa shape index (κ1) is 40.4. The normalized spacial score (nSPS) is 12.4. The van der Waals surface area contributed by atoms with Gasteiger partial charge in [-0.3, -0.25) is 9.59 Å². The number of ether oxygens (including phenoxy) is 1. The maximum atomic E-state index is 12.4. The fraction of sp³-hybridized carbons (Fsp3) is 0.842. The number of carbonyl (C=O) groups excluding carboxylic acids is 1. The van der Waals surface area contributed by atoms with Gasteiger partial charge in [0.2, 0.25) is 0 Å². The third kappa shape index (κ3) is 32.9. The highest BCUT2D eigenvalue weighted by molar-refractivity contribution is 5.69. The number of aliphatic carboxylic acids is 1. The van der Waals surface area contributed by atoms with Crippen molar-refractivity contribution in [2.75, 3.05) is 0 Å². The van der Waals surface area contributed by atoms with Crippen molar-refractivity contribution < 1.29 is 19.4 Å². The summed E-state index contributed by atoms with van der Waals surface area (Å²) in [5.41, 5.74) is 0. The number of unbranched alkanes of at least 4 members (excludes halogenated alkanes) is 20. The van der Waals surface area contributed by atoms with Gasteiger partial charge in [0.1, 0.15) is 6.10 Å². The van der Waals surface area contributed by atoms with E-state index < -0.39 is 5.97 Å². The second kappa shape index (κ2) is 33.9. The molecule has 0 aliphatic heterocycles. The molecule has 0 fully saturated rings. The molecule has 0 aromatic heterocycles. The van der Waals surface area contributed by atoms with Crippen LogP contribution < -0.4 is 0 Å². The number of rotatable bonds is 33. The second-order valence-corrected chi connectivity index (χ2v) is 12.4. The van der Waals surface area contributed by atoms with E-state index in [0.717, 1.165) is 32.1 Å². The molecule has 0 saturated heterocycles. The van der Waals surface area contributed by atoms with Gasteiger partial charge < -0.3 is 9.84 Å². The van der Waals surface area contributed by atoms with Gasteiger partial charge in [0, 0.05) is 12.8 Å². The van der Waals surface area contributed by atoms with E-state index >= 15 is 0 Å². The Balaban J connectivity index is 3.75. The van der Waals surface area contributed by atoms with E-state index in [9.17, 15) is 9.59 Å². The third-order valence-electron chi connectivity index (χ3n) is 8.18. The second-order valence-electron chi connectivity index (χ2n) is 12.4. The van der Waals surface area contributed by atoms with Crippen LogP contribution in [0.3, 0.4) is 0 Å². The SMILES string of the molecule is CCCCC/C=C\C/C=C\CCCCCCCCCCCC(=O)OC(CCCCCCCCCCC)CCCC(=O)O. The predicted molar refractivity (Wildman–Crippen MR) is 181 cm³/mol. The number of hydrogen-bond acceptors (Lipinski definition) is 3. The molecular weight excluding hydrogens is 520 g/mol. The topological polar surface area (TPSA) is 63.6 Å². The fourth-order valence-electron chi connectivity index (χ4n) is 5.46. The van der Waals surface area contributed by atoms with E-state index in [1.807, 2.05) is 0 Å². The molecule has 0 bridgehead atoms. The molecule has 42 heavy (non-hydrogen) atoms. The molecule has 4 heteroatoms. The molecule has 0 spiro atoms. The zero-order valence-electron chi connectivity index (χ0n) is 28.1. The fourth-order valence-corrected chi connectivity index (χ4v) is 5.46. The van der Waals surface area contributed by atoms with Crippen LogP contribution in [0.25, 0.3) is 0 Å². The van der Waals surface area contributed by atoms with Crippen LogP contribution in [-0.4, -0.2) is 23.1 Å². The number of carboxylic acid groups (broad SMARTS) is 1. The summed E-state index contributed by atoms with van der Waals surface area (Å²) in [6, 6.07) is 0. The molecule has 0 aromatic rings. The lowest BCUT2D eigenvalue weighted by molar-refractivity contribution is -0.150. The van der Waals surface area contributed by atoms with E-state index in [1.165, 1.54) is 128 Å². The van der Waals surface area contributed by atoms with Crippen molar-refractivity contribution >= 4 is 11.9 Å². The Hall–Kier alpha value is -1.58. The van der Waals surface area contributed by atoms with E-state index in [0.29, 0.717) is 19.3 Å². The van der Waals surface area contributed by atoms with Crippen molar-refractivity contribution in [2.45, 2.75) is 206 Å². The summed E-state index contributed by atoms with van der Waals surface area (Å²) < 4.78 is 5.80. The van der Waals surface area contributed by atoms with Crippen LogP contribution in [-0.2, 0) is 14.3 Å². The molecule has 0 aliphatic carbocycles. The molecule has 1 N–H and O–H groups in total. The third-order valence-corrected chi connectivity index (χ3v) is 8.18. The van der Waals surface area contributed by atoms with Crippen molar-refractivity contribution in [1.29, 1.82) is 0 Å². The van der Waals surface area contributed by atoms with Gasteiger partial charge in [-0.15, -0.1) is 0 Å². The quantitative estimate of drug-likeness (QED) is 0.0469. The lowest BCUT2D eigenvalue weighted by Crippen LogP contribution is -2.18. The van der Waals surface area contributed by atoms with Gasteiger partial charge in [-0.05, 0) is 64.2 Å². The number of carboxylic acids is 1. The molecule has 0 saturated carbocycles. The van der Waals surface area contributed by atoms with E-state index in [1.54, 1.807) is 0 Å². The van der Waals surface area contributed by atoms with Gasteiger partial charge in [0.15, 0.2) is 0 Å². The molecular formula is C38H70O4. The van der Waals surface area contributed by atoms with Crippen molar-refractivity contribution in [3.8, 4) is 0 Å². The van der Waals surface area contributed by atoms with Crippen LogP contribution in [0.4, 0.5) is 0 Å². The average molecular weight is 591 g/mol. The molecule has 1 atom stereocenters. The van der Waals surface area contributed by atoms with E-state index in [-0.39, 0.29) is 18.5 Å². The summed E-state index contributed by atoms with van der Waals surface area (Å²) in [5.74, 6) is -0.865. The standard InChI is InChI=1S/C38H70O4/c1-3-5-7-9-11-13-14-15-16-17-18-19-20-21-22-24-26-28-30-35-38(41)42-36(33-31-34-37(39)40)32-29-27-25-23-12-10-8-6-4-2/h11,13,15-16,36H,3-10,12,14,17-35H2,1-2H3,(H,39,40)/b13-11-,16-15-. The lowest BCUT2D eigenvalue weighted by atomic mass is 10.0. The van der Waals surface area contributed by atoms with E-state index in [2.05, 4.69) is 38.2 Å².